The molecule has 0 spiro atoms. The van der Waals surface area contributed by atoms with E-state index in [0.29, 0.717) is 10.7 Å². The molecule has 2 unspecified atom stereocenters. The van der Waals surface area contributed by atoms with Gasteiger partial charge in [0, 0.05) is 15.2 Å². The van der Waals surface area contributed by atoms with Gasteiger partial charge in [0.15, 0.2) is 0 Å². The van der Waals surface area contributed by atoms with Crippen LogP contribution < -0.4 is 0 Å². The molecule has 0 nitrogen and oxygen atoms in total. The highest BCUT2D eigenvalue weighted by Crippen LogP contribution is 2.46. The molecule has 2 aromatic carbocycles. The fourth-order valence-electron chi connectivity index (χ4n) is 2.88. The number of hydrogen-bond acceptors (Lipinski definition) is 0. The van der Waals surface area contributed by atoms with Crippen molar-refractivity contribution in [3.63, 3.8) is 0 Å². The van der Waals surface area contributed by atoms with Gasteiger partial charge < -0.3 is 0 Å². The molecule has 0 saturated heterocycles. The molecule has 0 aliphatic heterocycles. The average molecular weight is 310 g/mol. The topological polar surface area (TPSA) is 0 Å². The molecule has 0 radical (unpaired) electrons. The highest BCUT2D eigenvalue weighted by molar-refractivity contribution is 9.09. The fraction of sp³-hybridized carbons (Fsp3) is 0.333. The molecule has 2 aromatic rings. The van der Waals surface area contributed by atoms with Crippen LogP contribution in [0.1, 0.15) is 41.6 Å². The van der Waals surface area contributed by atoms with Crippen molar-refractivity contribution in [1.29, 1.82) is 0 Å². The van der Waals surface area contributed by atoms with Gasteiger partial charge in [-0.05, 0) is 41.3 Å². The summed E-state index contributed by atoms with van der Waals surface area (Å²) < 4.78 is 0. The molecule has 2 heteroatoms. The quantitative estimate of drug-likeness (QED) is 0.537. The van der Waals surface area contributed by atoms with E-state index in [4.69, 9.17) is 11.6 Å². The molecule has 1 aliphatic carbocycles. The van der Waals surface area contributed by atoms with E-state index in [0.717, 1.165) is 5.02 Å². The van der Waals surface area contributed by atoms with E-state index in [1.54, 1.807) is 0 Å². The number of halogens is 2. The maximum Gasteiger partial charge on any atom is 0.0487 e. The van der Waals surface area contributed by atoms with Crippen LogP contribution in [-0.4, -0.2) is 0 Å². The molecular weight excluding hydrogens is 296 g/mol. The van der Waals surface area contributed by atoms with Crippen LogP contribution in [0.15, 0.2) is 30.3 Å². The summed E-state index contributed by atoms with van der Waals surface area (Å²) in [5, 5.41) is 3.38. The Labute approximate surface area is 115 Å². The van der Waals surface area contributed by atoms with Crippen molar-refractivity contribution in [2.24, 2.45) is 0 Å². The highest BCUT2D eigenvalue weighted by atomic mass is 79.9. The second-order valence-corrected chi connectivity index (χ2v) is 6.37. The minimum atomic E-state index is 0.454. The van der Waals surface area contributed by atoms with E-state index in [2.05, 4.69) is 53.2 Å². The van der Waals surface area contributed by atoms with Gasteiger partial charge in [0.1, 0.15) is 0 Å². The van der Waals surface area contributed by atoms with Crippen molar-refractivity contribution >= 4 is 38.3 Å². The van der Waals surface area contributed by atoms with Gasteiger partial charge in [-0.2, -0.15) is 0 Å². The predicted octanol–water partition coefficient (Wildman–Crippen LogP) is 5.83. The standard InChI is InChI=1S/C15H14BrCl/c1-9-6-7-13(16)12-8-14(17)10-4-2-3-5-11(10)15(9)12/h2-5,8-9,13H,6-7H2,1H3. The Kier molecular flexibility index (Phi) is 2.92. The van der Waals surface area contributed by atoms with Crippen LogP contribution in [0.3, 0.4) is 0 Å². The normalized spacial score (nSPS) is 23.7. The lowest BCUT2D eigenvalue weighted by molar-refractivity contribution is 0.592. The SMILES string of the molecule is CC1CCC(Br)c2cc(Cl)c3ccccc3c21. The number of fused-ring (bicyclic) bond motifs is 3. The summed E-state index contributed by atoms with van der Waals surface area (Å²) in [6, 6.07) is 10.6. The number of rotatable bonds is 0. The molecule has 0 amide bonds. The molecule has 88 valence electrons. The van der Waals surface area contributed by atoms with Gasteiger partial charge in [-0.15, -0.1) is 0 Å². The van der Waals surface area contributed by atoms with Crippen molar-refractivity contribution in [3.05, 3.63) is 46.5 Å². The number of benzene rings is 2. The minimum Gasteiger partial charge on any atom is -0.0839 e. The van der Waals surface area contributed by atoms with Gasteiger partial charge in [0.2, 0.25) is 0 Å². The Hall–Kier alpha value is -0.530. The predicted molar refractivity (Wildman–Crippen MR) is 78.3 cm³/mol. The average Bonchev–Trinajstić information content (AvgIpc) is 2.34. The maximum atomic E-state index is 6.39. The summed E-state index contributed by atoms with van der Waals surface area (Å²) >= 11 is 10.2. The summed E-state index contributed by atoms with van der Waals surface area (Å²) in [5.74, 6) is 0.626. The largest absolute Gasteiger partial charge is 0.0839 e. The number of alkyl halides is 1. The zero-order valence-corrected chi connectivity index (χ0v) is 12.1. The molecule has 0 aromatic heterocycles. The minimum absolute atomic E-state index is 0.454. The molecule has 0 fully saturated rings. The first-order valence-electron chi connectivity index (χ1n) is 6.03. The molecule has 0 saturated carbocycles. The van der Waals surface area contributed by atoms with Crippen LogP contribution >= 0.6 is 27.5 Å². The molecule has 0 bridgehead atoms. The van der Waals surface area contributed by atoms with Crippen molar-refractivity contribution in [2.75, 3.05) is 0 Å². The summed E-state index contributed by atoms with van der Waals surface area (Å²) in [5.41, 5.74) is 2.87. The first-order valence-corrected chi connectivity index (χ1v) is 7.33. The van der Waals surface area contributed by atoms with E-state index in [1.807, 2.05) is 0 Å². The Morgan fingerprint density at radius 2 is 1.88 bits per heavy atom. The first-order chi connectivity index (χ1) is 8.18. The van der Waals surface area contributed by atoms with Gasteiger partial charge >= 0.3 is 0 Å². The Morgan fingerprint density at radius 1 is 1.18 bits per heavy atom. The van der Waals surface area contributed by atoms with Crippen LogP contribution in [0.4, 0.5) is 0 Å². The second-order valence-electron chi connectivity index (χ2n) is 4.85. The lowest BCUT2D eigenvalue weighted by Gasteiger charge is -2.28. The van der Waals surface area contributed by atoms with Crippen molar-refractivity contribution < 1.29 is 0 Å². The van der Waals surface area contributed by atoms with Gasteiger partial charge in [-0.3, -0.25) is 0 Å². The molecular formula is C15H14BrCl. The van der Waals surface area contributed by atoms with Crippen molar-refractivity contribution in [1.82, 2.24) is 0 Å². The zero-order chi connectivity index (χ0) is 12.0. The monoisotopic (exact) mass is 308 g/mol. The Bertz CT molecular complexity index is 576. The smallest absolute Gasteiger partial charge is 0.0487 e. The fourth-order valence-corrected chi connectivity index (χ4v) is 3.80. The second kappa shape index (κ2) is 4.29. The van der Waals surface area contributed by atoms with E-state index < -0.39 is 0 Å². The third-order valence-corrected chi connectivity index (χ3v) is 5.01. The molecule has 3 rings (SSSR count). The van der Waals surface area contributed by atoms with Crippen molar-refractivity contribution in [3.8, 4) is 0 Å². The van der Waals surface area contributed by atoms with E-state index >= 15 is 0 Å². The Morgan fingerprint density at radius 3 is 2.65 bits per heavy atom. The highest BCUT2D eigenvalue weighted by Gasteiger charge is 2.25. The molecule has 0 N–H and O–H groups in total. The van der Waals surface area contributed by atoms with Crippen LogP contribution in [0, 0.1) is 0 Å². The molecule has 2 atom stereocenters. The van der Waals surface area contributed by atoms with Gasteiger partial charge in [-0.25, -0.2) is 0 Å². The third kappa shape index (κ3) is 1.80. The van der Waals surface area contributed by atoms with Crippen LogP contribution in [0.2, 0.25) is 5.02 Å². The van der Waals surface area contributed by atoms with Gasteiger partial charge in [-0.1, -0.05) is 58.7 Å². The van der Waals surface area contributed by atoms with E-state index in [1.165, 1.54) is 34.7 Å². The summed E-state index contributed by atoms with van der Waals surface area (Å²) in [4.78, 5) is 0.454. The van der Waals surface area contributed by atoms with E-state index in [9.17, 15) is 0 Å². The Balaban J connectivity index is 2.41. The number of hydrogen-bond donors (Lipinski definition) is 0. The van der Waals surface area contributed by atoms with Gasteiger partial charge in [0.25, 0.3) is 0 Å². The molecule has 1 aliphatic rings. The maximum absolute atomic E-state index is 6.39. The summed E-state index contributed by atoms with van der Waals surface area (Å²) in [7, 11) is 0. The lowest BCUT2D eigenvalue weighted by atomic mass is 9.81. The lowest BCUT2D eigenvalue weighted by Crippen LogP contribution is -2.09. The van der Waals surface area contributed by atoms with Crippen LogP contribution in [0.25, 0.3) is 10.8 Å². The van der Waals surface area contributed by atoms with Gasteiger partial charge in [0.05, 0.1) is 0 Å². The van der Waals surface area contributed by atoms with E-state index in [-0.39, 0.29) is 0 Å². The molecule has 17 heavy (non-hydrogen) atoms. The summed E-state index contributed by atoms with van der Waals surface area (Å²) in [6.07, 6.45) is 2.44. The molecule has 0 heterocycles. The zero-order valence-electron chi connectivity index (χ0n) is 9.71. The van der Waals surface area contributed by atoms with Crippen LogP contribution in [0.5, 0.6) is 0 Å². The van der Waals surface area contributed by atoms with Crippen molar-refractivity contribution in [2.45, 2.75) is 30.5 Å². The first kappa shape index (κ1) is 11.6. The summed E-state index contributed by atoms with van der Waals surface area (Å²) in [6.45, 7) is 2.32. The van der Waals surface area contributed by atoms with Crippen LogP contribution in [-0.2, 0) is 0 Å². The third-order valence-electron chi connectivity index (χ3n) is 3.75.